The fourth-order valence-electron chi connectivity index (χ4n) is 5.10. The van der Waals surface area contributed by atoms with Gasteiger partial charge in [-0.15, -0.1) is 28.3 Å². The molecule has 0 saturated carbocycles. The number of halogens is 1. The smallest absolute Gasteiger partial charge is 0.303 e. The van der Waals surface area contributed by atoms with Crippen LogP contribution in [0, 0.1) is 5.41 Å². The van der Waals surface area contributed by atoms with Gasteiger partial charge in [-0.2, -0.15) is 0 Å². The first-order valence-electron chi connectivity index (χ1n) is 15.4. The maximum Gasteiger partial charge on any atom is 0.303 e. The lowest BCUT2D eigenvalue weighted by Gasteiger charge is -2.26. The van der Waals surface area contributed by atoms with Crippen LogP contribution < -0.4 is 19.5 Å². The molecule has 3 aromatic rings. The first-order chi connectivity index (χ1) is 21.9. The normalized spacial score (nSPS) is 12.3. The maximum absolute atomic E-state index is 13.8. The van der Waals surface area contributed by atoms with Crippen molar-refractivity contribution in [2.75, 3.05) is 33.4 Å². The van der Waals surface area contributed by atoms with E-state index in [0.717, 1.165) is 18.4 Å². The Balaban J connectivity index is 0.00000600. The number of amidine groups is 1. The van der Waals surface area contributed by atoms with Gasteiger partial charge in [-0.25, -0.2) is 4.98 Å². The van der Waals surface area contributed by atoms with Gasteiger partial charge in [0.25, 0.3) is 5.91 Å². The Morgan fingerprint density at radius 1 is 1.09 bits per heavy atom. The topological polar surface area (TPSA) is 151 Å². The zero-order chi connectivity index (χ0) is 33.4. The highest BCUT2D eigenvalue weighted by atomic mass is 79.9. The largest absolute Gasteiger partial charge is 0.491 e. The lowest BCUT2D eigenvalue weighted by atomic mass is 9.84. The second kappa shape index (κ2) is 16.7. The van der Waals surface area contributed by atoms with Crippen molar-refractivity contribution in [3.8, 4) is 17.2 Å². The van der Waals surface area contributed by atoms with Crippen molar-refractivity contribution in [1.82, 2.24) is 15.2 Å². The van der Waals surface area contributed by atoms with E-state index < -0.39 is 17.3 Å². The number of carbonyl (C=O) groups is 3. The summed E-state index contributed by atoms with van der Waals surface area (Å²) < 4.78 is 18.1. The van der Waals surface area contributed by atoms with Crippen LogP contribution in [0.25, 0.3) is 0 Å². The molecule has 2 aromatic heterocycles. The van der Waals surface area contributed by atoms with E-state index in [0.29, 0.717) is 53.7 Å². The molecule has 0 atom stereocenters. The highest BCUT2D eigenvalue weighted by Crippen LogP contribution is 2.41. The Bertz CT molecular complexity index is 1590. The van der Waals surface area contributed by atoms with Crippen LogP contribution in [0.4, 0.5) is 0 Å². The first kappa shape index (κ1) is 37.5. The summed E-state index contributed by atoms with van der Waals surface area (Å²) in [5.74, 6) is -0.227. The number of carboxylic acids is 1. The summed E-state index contributed by atoms with van der Waals surface area (Å²) in [6.45, 7) is 8.97. The van der Waals surface area contributed by atoms with Crippen LogP contribution in [0.2, 0.25) is 0 Å². The Morgan fingerprint density at radius 2 is 1.83 bits per heavy atom. The highest BCUT2D eigenvalue weighted by Gasteiger charge is 2.32. The van der Waals surface area contributed by atoms with Gasteiger partial charge in [0.15, 0.2) is 28.7 Å². The molecule has 0 unspecified atom stereocenters. The predicted molar refractivity (Wildman–Crippen MR) is 186 cm³/mol. The second-order valence-electron chi connectivity index (χ2n) is 12.0. The summed E-state index contributed by atoms with van der Waals surface area (Å²) in [4.78, 5) is 44.7. The number of nitrogens with zero attached hydrogens (tertiary/aromatic N) is 2. The molecule has 3 heterocycles. The van der Waals surface area contributed by atoms with Gasteiger partial charge in [-0.05, 0) is 61.2 Å². The van der Waals surface area contributed by atoms with Crippen molar-refractivity contribution < 1.29 is 33.7 Å². The van der Waals surface area contributed by atoms with E-state index in [9.17, 15) is 14.4 Å². The average molecular weight is 732 g/mol. The molecule has 0 aliphatic carbocycles. The molecular weight excluding hydrogens is 688 g/mol. The van der Waals surface area contributed by atoms with E-state index in [1.54, 1.807) is 34.4 Å². The zero-order valence-electron chi connectivity index (χ0n) is 27.4. The number of aromatic nitrogens is 1. The van der Waals surface area contributed by atoms with Gasteiger partial charge in [0.2, 0.25) is 0 Å². The van der Waals surface area contributed by atoms with E-state index >= 15 is 0 Å². The van der Waals surface area contributed by atoms with Gasteiger partial charge in [-0.3, -0.25) is 19.8 Å². The number of aryl methyl sites for hydroxylation is 1. The number of hydrogen-bond acceptors (Lipinski definition) is 9. The van der Waals surface area contributed by atoms with Gasteiger partial charge < -0.3 is 29.5 Å². The molecule has 47 heavy (non-hydrogen) atoms. The quantitative estimate of drug-likeness (QED) is 0.118. The SMILES string of the molecule is Br.CCOc1cc2c(nc1C(=O)NC)C(=N)N(CC(=O)c1cc(OCCCc3cccs3)c(OCCCC(=O)O)c(C(C)(C)C)c1)C2. The van der Waals surface area contributed by atoms with E-state index in [4.69, 9.17) is 24.7 Å². The molecule has 254 valence electrons. The molecule has 1 aliphatic rings. The lowest BCUT2D eigenvalue weighted by molar-refractivity contribution is -0.137. The van der Waals surface area contributed by atoms with Crippen molar-refractivity contribution in [1.29, 1.82) is 5.41 Å². The number of hydrogen-bond donors (Lipinski definition) is 3. The average Bonchev–Trinajstić information content (AvgIpc) is 3.63. The molecule has 0 bridgehead atoms. The molecule has 0 spiro atoms. The van der Waals surface area contributed by atoms with Crippen LogP contribution in [0.15, 0.2) is 35.7 Å². The molecule has 0 saturated heterocycles. The first-order valence-corrected chi connectivity index (χ1v) is 16.2. The van der Waals surface area contributed by atoms with E-state index in [-0.39, 0.29) is 60.4 Å². The summed E-state index contributed by atoms with van der Waals surface area (Å²) in [7, 11) is 1.50. The van der Waals surface area contributed by atoms with Crippen molar-refractivity contribution in [3.63, 3.8) is 0 Å². The number of ether oxygens (including phenoxy) is 3. The third kappa shape index (κ3) is 9.54. The maximum atomic E-state index is 13.8. The Morgan fingerprint density at radius 3 is 2.47 bits per heavy atom. The summed E-state index contributed by atoms with van der Waals surface area (Å²) in [5.41, 5.74) is 1.87. The van der Waals surface area contributed by atoms with Crippen LogP contribution in [0.3, 0.4) is 0 Å². The van der Waals surface area contributed by atoms with Crippen LogP contribution in [-0.4, -0.2) is 71.9 Å². The number of aliphatic carboxylic acids is 1. The van der Waals surface area contributed by atoms with Crippen LogP contribution in [-0.2, 0) is 23.2 Å². The summed E-state index contributed by atoms with van der Waals surface area (Å²) in [5, 5.41) is 22.5. The number of benzene rings is 1. The fraction of sp³-hybridized carbons (Fsp3) is 0.441. The zero-order valence-corrected chi connectivity index (χ0v) is 30.0. The van der Waals surface area contributed by atoms with Crippen LogP contribution in [0.5, 0.6) is 17.2 Å². The molecule has 0 radical (unpaired) electrons. The van der Waals surface area contributed by atoms with Crippen molar-refractivity contribution in [2.24, 2.45) is 0 Å². The summed E-state index contributed by atoms with van der Waals surface area (Å²) in [6.07, 6.45) is 1.93. The van der Waals surface area contributed by atoms with E-state index in [1.165, 1.54) is 11.9 Å². The number of carboxylic acid groups (broad SMARTS) is 1. The van der Waals surface area contributed by atoms with Crippen molar-refractivity contribution in [3.05, 3.63) is 68.7 Å². The third-order valence-electron chi connectivity index (χ3n) is 7.42. The molecule has 4 rings (SSSR count). The molecule has 1 amide bonds. The van der Waals surface area contributed by atoms with Crippen LogP contribution in [0.1, 0.15) is 89.5 Å². The molecule has 0 fully saturated rings. The number of rotatable bonds is 16. The number of amides is 1. The number of nitrogens with one attached hydrogen (secondary N) is 2. The number of thiophene rings is 1. The lowest BCUT2D eigenvalue weighted by Crippen LogP contribution is -2.31. The van der Waals surface area contributed by atoms with E-state index in [1.807, 2.05) is 39.1 Å². The van der Waals surface area contributed by atoms with Gasteiger partial charge in [0.1, 0.15) is 11.5 Å². The minimum Gasteiger partial charge on any atom is -0.491 e. The fourth-order valence-corrected chi connectivity index (χ4v) is 5.85. The predicted octanol–water partition coefficient (Wildman–Crippen LogP) is 6.06. The molecular formula is C34H43BrN4O7S. The minimum absolute atomic E-state index is 0. The Labute approximate surface area is 289 Å². The van der Waals surface area contributed by atoms with Gasteiger partial charge in [-0.1, -0.05) is 26.8 Å². The van der Waals surface area contributed by atoms with E-state index in [2.05, 4.69) is 16.4 Å². The molecule has 1 aliphatic heterocycles. The van der Waals surface area contributed by atoms with Crippen molar-refractivity contribution in [2.45, 2.75) is 65.3 Å². The highest BCUT2D eigenvalue weighted by molar-refractivity contribution is 8.93. The minimum atomic E-state index is -0.894. The molecule has 13 heteroatoms. The van der Waals surface area contributed by atoms with Gasteiger partial charge in [0.05, 0.1) is 26.4 Å². The van der Waals surface area contributed by atoms with Crippen LogP contribution >= 0.6 is 28.3 Å². The Hall–Kier alpha value is -3.97. The number of ketones is 1. The molecule has 3 N–H and O–H groups in total. The summed E-state index contributed by atoms with van der Waals surface area (Å²) in [6, 6.07) is 9.29. The Kier molecular flexibility index (Phi) is 13.3. The van der Waals surface area contributed by atoms with Gasteiger partial charge in [0, 0.05) is 41.6 Å². The molecule has 1 aromatic carbocycles. The molecule has 11 nitrogen and oxygen atoms in total. The summed E-state index contributed by atoms with van der Waals surface area (Å²) >= 11 is 1.69. The van der Waals surface area contributed by atoms with Gasteiger partial charge >= 0.3 is 5.97 Å². The number of fused-ring (bicyclic) bond motifs is 1. The standard InChI is InChI=1S/C34H42N4O7S.BrH/c1-6-43-26-18-22-19-38(32(35)29(22)37-30(26)33(42)36-5)20-25(39)21-16-24(34(2,3)4)31(45-14-8-12-28(40)41)27(17-21)44-13-7-10-23-11-9-15-46-23;/h9,11,15-18,35H,6-8,10,12-14,19-20H2,1-5H3,(H,36,42)(H,40,41);1H. The number of pyridine rings is 1. The second-order valence-corrected chi connectivity index (χ2v) is 13.0. The number of Topliss-reactive ketones (excluding diaryl/α,β-unsaturated/α-hetero) is 1. The number of carbonyl (C=O) groups excluding carboxylic acids is 2. The van der Waals surface area contributed by atoms with Crippen molar-refractivity contribution >= 4 is 51.8 Å². The third-order valence-corrected chi connectivity index (χ3v) is 8.35. The monoisotopic (exact) mass is 730 g/mol.